The number of carbonyl (C=O) groups excluding carboxylic acids is 3. The van der Waals surface area contributed by atoms with Gasteiger partial charge in [0, 0.05) is 23.9 Å². The van der Waals surface area contributed by atoms with Gasteiger partial charge in [-0.05, 0) is 16.0 Å². The van der Waals surface area contributed by atoms with E-state index in [0.29, 0.717) is 16.5 Å². The number of carboxylic acid groups (broad SMARTS) is 1. The molecule has 2 amide bonds. The van der Waals surface area contributed by atoms with Crippen LogP contribution < -0.4 is 45.7 Å². The van der Waals surface area contributed by atoms with Crippen LogP contribution in [0.25, 0.3) is 0 Å². The Balaban J connectivity index is 0.00000306. The fourth-order valence-electron chi connectivity index (χ4n) is 3.10. The van der Waals surface area contributed by atoms with E-state index in [-0.39, 0.29) is 51.8 Å². The number of hydrogen-bond acceptors (Lipinski definition) is 14. The van der Waals surface area contributed by atoms with Crippen LogP contribution in [-0.2, 0) is 21.4 Å². The Morgan fingerprint density at radius 2 is 2.24 bits per heavy atom. The van der Waals surface area contributed by atoms with E-state index >= 15 is 0 Å². The fourth-order valence-corrected chi connectivity index (χ4v) is 5.98. The Kier molecular flexibility index (Phi) is 8.01. The molecule has 14 nitrogen and oxygen atoms in total. The number of oxime groups is 1. The molecule has 2 aromatic heterocycles. The maximum atomic E-state index is 12.7. The maximum absolute atomic E-state index is 12.7. The molecule has 0 aromatic carbocycles. The van der Waals surface area contributed by atoms with Crippen LogP contribution in [0.5, 0.6) is 0 Å². The summed E-state index contributed by atoms with van der Waals surface area (Å²) in [7, 11) is 1.65. The molecule has 1 saturated heterocycles. The summed E-state index contributed by atoms with van der Waals surface area (Å²) in [6.45, 7) is 0. The quantitative estimate of drug-likeness (QED) is 0.0783. The second-order valence-electron chi connectivity index (χ2n) is 6.49. The molecule has 2 atom stereocenters. The van der Waals surface area contributed by atoms with E-state index in [2.05, 4.69) is 31.0 Å². The number of hydrogen-bond donors (Lipinski definition) is 3. The third kappa shape index (κ3) is 4.87. The summed E-state index contributed by atoms with van der Waals surface area (Å²) >= 11 is 3.57. The second-order valence-corrected chi connectivity index (χ2v) is 9.43. The Hall–Kier alpha value is -2.18. The largest absolute Gasteiger partial charge is 1.00 e. The van der Waals surface area contributed by atoms with Crippen LogP contribution in [0.3, 0.4) is 0 Å². The Bertz CT molecular complexity index is 1170. The van der Waals surface area contributed by atoms with Gasteiger partial charge >= 0.3 is 29.6 Å². The number of anilines is 1. The van der Waals surface area contributed by atoms with Gasteiger partial charge in [-0.25, -0.2) is 9.67 Å². The SMILES string of the molecule is Cn1nnnc1SCC1=C(C(=O)[O-])N2C(=O)C(NC(=O)/C(=N/O)c3csc(N)n3)C2SC1.[Na+]. The van der Waals surface area contributed by atoms with Gasteiger partial charge in [0.25, 0.3) is 11.8 Å². The predicted octanol–water partition coefficient (Wildman–Crippen LogP) is -5.37. The smallest absolute Gasteiger partial charge is 0.543 e. The van der Waals surface area contributed by atoms with E-state index in [1.165, 1.54) is 33.6 Å². The number of β-lactam (4-membered cyclic amide) rings is 1. The van der Waals surface area contributed by atoms with Crippen molar-refractivity contribution in [1.29, 1.82) is 0 Å². The number of aromatic nitrogens is 5. The number of nitrogens with one attached hydrogen (secondary N) is 1. The minimum absolute atomic E-state index is 0. The number of amides is 2. The van der Waals surface area contributed by atoms with E-state index in [4.69, 9.17) is 5.73 Å². The molecule has 0 bridgehead atoms. The van der Waals surface area contributed by atoms with Crippen molar-refractivity contribution in [3.8, 4) is 0 Å². The summed E-state index contributed by atoms with van der Waals surface area (Å²) < 4.78 is 1.44. The molecule has 168 valence electrons. The zero-order valence-corrected chi connectivity index (χ0v) is 21.6. The molecule has 4 N–H and O–H groups in total. The summed E-state index contributed by atoms with van der Waals surface area (Å²) in [4.78, 5) is 42.0. The van der Waals surface area contributed by atoms with Crippen LogP contribution in [-0.4, -0.2) is 81.7 Å². The van der Waals surface area contributed by atoms with Crippen molar-refractivity contribution in [3.63, 3.8) is 0 Å². The van der Waals surface area contributed by atoms with Crippen molar-refractivity contribution in [1.82, 2.24) is 35.4 Å². The summed E-state index contributed by atoms with van der Waals surface area (Å²) in [5.74, 6) is -2.41. The van der Waals surface area contributed by atoms with Crippen molar-refractivity contribution in [3.05, 3.63) is 22.3 Å². The number of nitrogens with two attached hydrogens (primary N) is 1. The number of carboxylic acids is 1. The summed E-state index contributed by atoms with van der Waals surface area (Å²) in [5.41, 5.74) is 5.44. The third-order valence-corrected chi connectivity index (χ3v) is 7.67. The summed E-state index contributed by atoms with van der Waals surface area (Å²) in [6.07, 6.45) is 0. The number of aryl methyl sites for hydroxylation is 1. The first-order valence-corrected chi connectivity index (χ1v) is 11.7. The molecule has 2 unspecified atom stereocenters. The van der Waals surface area contributed by atoms with Gasteiger partial charge in [-0.1, -0.05) is 16.9 Å². The van der Waals surface area contributed by atoms with E-state index in [9.17, 15) is 24.7 Å². The Labute approximate surface area is 220 Å². The van der Waals surface area contributed by atoms with E-state index in [1.807, 2.05) is 0 Å². The molecule has 0 radical (unpaired) electrons. The molecular weight excluding hydrogens is 505 g/mol. The van der Waals surface area contributed by atoms with Gasteiger partial charge in [-0.2, -0.15) is 0 Å². The molecule has 4 heterocycles. The van der Waals surface area contributed by atoms with Gasteiger partial charge in [-0.3, -0.25) is 14.5 Å². The topological polar surface area (TPSA) is 205 Å². The standard InChI is InChI=1S/C15H15N9O5S3.Na/c1-23-15(19-21-22-23)32-3-5-2-30-12-8(11(26)24(12)9(5)13(27)28)18-10(25)7(20-29)6-4-31-14(16)17-6;/h4,8,12,29H,2-3H2,1H3,(H2,16,17)(H,18,25)(H,27,28);/q;+1/p-1/b20-7+;. The van der Waals surface area contributed by atoms with Crippen molar-refractivity contribution < 1.29 is 54.3 Å². The van der Waals surface area contributed by atoms with Crippen molar-refractivity contribution >= 4 is 63.5 Å². The first kappa shape index (κ1) is 25.4. The molecule has 2 aliphatic rings. The molecular formula is C15H14N9NaO5S3. The molecule has 1 fully saturated rings. The third-order valence-electron chi connectivity index (χ3n) is 4.56. The predicted molar refractivity (Wildman–Crippen MR) is 111 cm³/mol. The number of nitrogen functional groups attached to an aromatic ring is 1. The number of tetrazole rings is 1. The van der Waals surface area contributed by atoms with Crippen LogP contribution in [0.15, 0.2) is 27.0 Å². The zero-order valence-electron chi connectivity index (χ0n) is 17.2. The average molecular weight is 520 g/mol. The molecule has 18 heteroatoms. The number of fused-ring (bicyclic) bond motifs is 1. The van der Waals surface area contributed by atoms with Crippen LogP contribution in [0, 0.1) is 0 Å². The van der Waals surface area contributed by atoms with E-state index in [0.717, 1.165) is 16.2 Å². The molecule has 2 aliphatic heterocycles. The van der Waals surface area contributed by atoms with Crippen LogP contribution in [0.1, 0.15) is 5.69 Å². The molecule has 2 aromatic rings. The normalized spacial score (nSPS) is 20.1. The maximum Gasteiger partial charge on any atom is 1.00 e. The summed E-state index contributed by atoms with van der Waals surface area (Å²) in [5, 5.41) is 38.9. The van der Waals surface area contributed by atoms with Crippen molar-refractivity contribution in [2.45, 2.75) is 16.6 Å². The Morgan fingerprint density at radius 1 is 1.48 bits per heavy atom. The minimum atomic E-state index is -1.49. The number of carbonyl (C=O) groups is 3. The molecule has 0 saturated carbocycles. The van der Waals surface area contributed by atoms with Gasteiger partial charge in [0.15, 0.2) is 10.8 Å². The zero-order chi connectivity index (χ0) is 23.0. The molecule has 4 rings (SSSR count). The molecule has 0 aliphatic carbocycles. The monoisotopic (exact) mass is 519 g/mol. The van der Waals surface area contributed by atoms with Gasteiger partial charge in [0.2, 0.25) is 5.16 Å². The molecule has 33 heavy (non-hydrogen) atoms. The number of thioether (sulfide) groups is 2. The van der Waals surface area contributed by atoms with Gasteiger partial charge in [0.1, 0.15) is 17.1 Å². The minimum Gasteiger partial charge on any atom is -0.543 e. The van der Waals surface area contributed by atoms with Crippen LogP contribution in [0.2, 0.25) is 0 Å². The number of aliphatic carboxylic acids is 1. The number of rotatable bonds is 7. The van der Waals surface area contributed by atoms with Crippen LogP contribution >= 0.6 is 34.9 Å². The Morgan fingerprint density at radius 3 is 2.82 bits per heavy atom. The second kappa shape index (κ2) is 10.4. The van der Waals surface area contributed by atoms with Gasteiger partial charge < -0.3 is 26.2 Å². The average Bonchev–Trinajstić information content (AvgIpc) is 3.37. The van der Waals surface area contributed by atoms with Crippen molar-refractivity contribution in [2.75, 3.05) is 17.2 Å². The van der Waals surface area contributed by atoms with E-state index in [1.54, 1.807) is 7.05 Å². The van der Waals surface area contributed by atoms with E-state index < -0.39 is 34.9 Å². The first-order chi connectivity index (χ1) is 15.3. The molecule has 0 spiro atoms. The summed E-state index contributed by atoms with van der Waals surface area (Å²) in [6, 6.07) is -1.01. The van der Waals surface area contributed by atoms with Crippen molar-refractivity contribution in [2.24, 2.45) is 12.2 Å². The fraction of sp³-hybridized carbons (Fsp3) is 0.333. The number of thiazole rings is 1. The van der Waals surface area contributed by atoms with Gasteiger partial charge in [-0.15, -0.1) is 28.2 Å². The number of nitrogens with zero attached hydrogens (tertiary/aromatic N) is 7. The van der Waals surface area contributed by atoms with Gasteiger partial charge in [0.05, 0.1) is 11.7 Å². The van der Waals surface area contributed by atoms with Crippen LogP contribution in [0.4, 0.5) is 5.13 Å². The first-order valence-electron chi connectivity index (χ1n) is 8.79.